The average molecular weight is 284 g/mol. The van der Waals surface area contributed by atoms with Crippen LogP contribution in [-0.2, 0) is 14.8 Å². The molecule has 6 heteroatoms. The Hall–Kier alpha value is -1.11. The molecule has 1 fully saturated rings. The van der Waals surface area contributed by atoms with Gasteiger partial charge in [0, 0.05) is 19.1 Å². The van der Waals surface area contributed by atoms with Gasteiger partial charge in [0.05, 0.1) is 11.8 Å². The first-order valence-electron chi connectivity index (χ1n) is 6.37. The lowest BCUT2D eigenvalue weighted by Crippen LogP contribution is -2.32. The van der Waals surface area contributed by atoms with Crippen LogP contribution in [0.2, 0.25) is 0 Å². The number of nitrogens with two attached hydrogens (primary N) is 1. The predicted molar refractivity (Wildman–Crippen MR) is 74.3 cm³/mol. The maximum absolute atomic E-state index is 12.2. The zero-order valence-electron chi connectivity index (χ0n) is 11.2. The smallest absolute Gasteiger partial charge is 0.242 e. The zero-order chi connectivity index (χ0) is 14.0. The molecule has 2 rings (SSSR count). The highest BCUT2D eigenvalue weighted by Crippen LogP contribution is 2.22. The fourth-order valence-corrected chi connectivity index (χ4v) is 3.46. The third-order valence-electron chi connectivity index (χ3n) is 3.52. The Kier molecular flexibility index (Phi) is 4.13. The summed E-state index contributed by atoms with van der Waals surface area (Å²) in [7, 11) is -3.55. The van der Waals surface area contributed by atoms with E-state index in [0.717, 1.165) is 12.0 Å². The van der Waals surface area contributed by atoms with Crippen LogP contribution in [-0.4, -0.2) is 27.7 Å². The highest BCUT2D eigenvalue weighted by Gasteiger charge is 2.26. The van der Waals surface area contributed by atoms with Crippen molar-refractivity contribution in [2.75, 3.05) is 18.9 Å². The summed E-state index contributed by atoms with van der Waals surface area (Å²) in [6.45, 7) is 4.92. The molecule has 0 saturated carbocycles. The second kappa shape index (κ2) is 5.48. The number of aryl methyl sites for hydroxylation is 1. The van der Waals surface area contributed by atoms with Crippen LogP contribution in [0, 0.1) is 12.8 Å². The van der Waals surface area contributed by atoms with Crippen molar-refractivity contribution in [2.45, 2.75) is 31.3 Å². The quantitative estimate of drug-likeness (QED) is 0.816. The van der Waals surface area contributed by atoms with Crippen molar-refractivity contribution in [3.8, 4) is 0 Å². The van der Waals surface area contributed by atoms with Crippen LogP contribution in [0.15, 0.2) is 23.1 Å². The van der Waals surface area contributed by atoms with Gasteiger partial charge in [-0.05, 0) is 38.0 Å². The Balaban J connectivity index is 2.09. The second-order valence-corrected chi connectivity index (χ2v) is 6.75. The molecule has 1 aliphatic rings. The van der Waals surface area contributed by atoms with Gasteiger partial charge in [-0.2, -0.15) is 0 Å². The van der Waals surface area contributed by atoms with E-state index in [9.17, 15) is 8.42 Å². The highest BCUT2D eigenvalue weighted by atomic mass is 32.2. The van der Waals surface area contributed by atoms with Crippen molar-refractivity contribution in [1.82, 2.24) is 4.72 Å². The summed E-state index contributed by atoms with van der Waals surface area (Å²) in [6, 6.07) is 4.95. The fourth-order valence-electron chi connectivity index (χ4n) is 2.25. The van der Waals surface area contributed by atoms with Gasteiger partial charge in [0.1, 0.15) is 4.90 Å². The van der Waals surface area contributed by atoms with Crippen molar-refractivity contribution in [1.29, 1.82) is 0 Å². The van der Waals surface area contributed by atoms with Crippen LogP contribution in [0.25, 0.3) is 0 Å². The number of nitrogen functional groups attached to an aromatic ring is 1. The van der Waals surface area contributed by atoms with E-state index in [1.807, 2.05) is 13.8 Å². The molecule has 0 spiro atoms. The van der Waals surface area contributed by atoms with E-state index in [4.69, 9.17) is 10.5 Å². The molecule has 19 heavy (non-hydrogen) atoms. The molecule has 0 bridgehead atoms. The fraction of sp³-hybridized carbons (Fsp3) is 0.538. The van der Waals surface area contributed by atoms with E-state index in [0.29, 0.717) is 13.2 Å². The summed E-state index contributed by atoms with van der Waals surface area (Å²) in [5.41, 5.74) is 6.99. The first-order valence-corrected chi connectivity index (χ1v) is 7.86. The molecule has 106 valence electrons. The number of hydrogen-bond acceptors (Lipinski definition) is 4. The Morgan fingerprint density at radius 1 is 1.47 bits per heavy atom. The van der Waals surface area contributed by atoms with Gasteiger partial charge in [0.2, 0.25) is 10.0 Å². The maximum Gasteiger partial charge on any atom is 0.242 e. The summed E-state index contributed by atoms with van der Waals surface area (Å²) >= 11 is 0. The van der Waals surface area contributed by atoms with Gasteiger partial charge in [-0.3, -0.25) is 0 Å². The Bertz CT molecular complexity index is 557. The topological polar surface area (TPSA) is 81.4 Å². The first-order chi connectivity index (χ1) is 8.90. The second-order valence-electron chi connectivity index (χ2n) is 5.02. The van der Waals surface area contributed by atoms with E-state index in [1.54, 1.807) is 18.2 Å². The summed E-state index contributed by atoms with van der Waals surface area (Å²) < 4.78 is 32.4. The van der Waals surface area contributed by atoms with Gasteiger partial charge in [-0.25, -0.2) is 13.1 Å². The van der Waals surface area contributed by atoms with Crippen LogP contribution < -0.4 is 10.5 Å². The van der Waals surface area contributed by atoms with Gasteiger partial charge < -0.3 is 10.5 Å². The number of anilines is 1. The van der Waals surface area contributed by atoms with E-state index >= 15 is 0 Å². The van der Waals surface area contributed by atoms with Crippen molar-refractivity contribution in [2.24, 2.45) is 5.92 Å². The molecule has 1 aromatic rings. The molecule has 1 heterocycles. The molecular weight excluding hydrogens is 264 g/mol. The van der Waals surface area contributed by atoms with Gasteiger partial charge in [-0.15, -0.1) is 0 Å². The van der Waals surface area contributed by atoms with Crippen LogP contribution in [0.3, 0.4) is 0 Å². The van der Waals surface area contributed by atoms with Crippen LogP contribution >= 0.6 is 0 Å². The summed E-state index contributed by atoms with van der Waals surface area (Å²) in [4.78, 5) is 0.143. The number of ether oxygens (including phenoxy) is 1. The highest BCUT2D eigenvalue weighted by molar-refractivity contribution is 7.89. The van der Waals surface area contributed by atoms with Crippen molar-refractivity contribution < 1.29 is 13.2 Å². The van der Waals surface area contributed by atoms with Gasteiger partial charge in [-0.1, -0.05) is 6.07 Å². The first kappa shape index (κ1) is 14.3. The third kappa shape index (κ3) is 3.26. The lowest BCUT2D eigenvalue weighted by atomic mass is 10.0. The molecular formula is C13H20N2O3S. The van der Waals surface area contributed by atoms with Gasteiger partial charge >= 0.3 is 0 Å². The standard InChI is InChI=1S/C13H20N2O3S/c1-9-3-4-13(12(14)7-9)19(16,17)15-8-11-5-6-18-10(11)2/h3-4,7,10-11,15H,5-6,8,14H2,1-2H3. The Morgan fingerprint density at radius 3 is 2.79 bits per heavy atom. The lowest BCUT2D eigenvalue weighted by molar-refractivity contribution is 0.107. The minimum atomic E-state index is -3.55. The number of benzene rings is 1. The normalized spacial score (nSPS) is 23.7. The largest absolute Gasteiger partial charge is 0.398 e. The molecule has 2 atom stereocenters. The van der Waals surface area contributed by atoms with Crippen LogP contribution in [0.5, 0.6) is 0 Å². The number of hydrogen-bond donors (Lipinski definition) is 2. The minimum absolute atomic E-state index is 0.0954. The molecule has 1 aliphatic heterocycles. The number of sulfonamides is 1. The van der Waals surface area contributed by atoms with Crippen LogP contribution in [0.1, 0.15) is 18.9 Å². The predicted octanol–water partition coefficient (Wildman–Crippen LogP) is 1.28. The molecule has 0 aliphatic carbocycles. The molecule has 0 aromatic heterocycles. The van der Waals surface area contributed by atoms with Gasteiger partial charge in [0.15, 0.2) is 0 Å². The zero-order valence-corrected chi connectivity index (χ0v) is 12.0. The number of nitrogens with one attached hydrogen (secondary N) is 1. The van der Waals surface area contributed by atoms with Crippen molar-refractivity contribution >= 4 is 15.7 Å². The Labute approximate surface area is 114 Å². The molecule has 3 N–H and O–H groups in total. The van der Waals surface area contributed by atoms with Crippen molar-refractivity contribution in [3.63, 3.8) is 0 Å². The number of rotatable bonds is 4. The molecule has 1 aromatic carbocycles. The van der Waals surface area contributed by atoms with E-state index in [1.165, 1.54) is 0 Å². The SMILES string of the molecule is Cc1ccc(S(=O)(=O)NCC2CCOC2C)c(N)c1. The molecule has 0 amide bonds. The third-order valence-corrected chi connectivity index (χ3v) is 5.02. The van der Waals surface area contributed by atoms with E-state index in [2.05, 4.69) is 4.72 Å². The lowest BCUT2D eigenvalue weighted by Gasteiger charge is -2.15. The summed E-state index contributed by atoms with van der Waals surface area (Å²) in [5, 5.41) is 0. The molecule has 1 saturated heterocycles. The summed E-state index contributed by atoms with van der Waals surface area (Å²) in [6.07, 6.45) is 0.977. The maximum atomic E-state index is 12.2. The summed E-state index contributed by atoms with van der Waals surface area (Å²) in [5.74, 6) is 0.224. The van der Waals surface area contributed by atoms with Crippen LogP contribution in [0.4, 0.5) is 5.69 Å². The van der Waals surface area contributed by atoms with E-state index in [-0.39, 0.29) is 22.6 Å². The molecule has 2 unspecified atom stereocenters. The van der Waals surface area contributed by atoms with Gasteiger partial charge in [0.25, 0.3) is 0 Å². The monoisotopic (exact) mass is 284 g/mol. The molecule has 5 nitrogen and oxygen atoms in total. The van der Waals surface area contributed by atoms with Crippen molar-refractivity contribution in [3.05, 3.63) is 23.8 Å². The van der Waals surface area contributed by atoms with E-state index < -0.39 is 10.0 Å². The molecule has 0 radical (unpaired) electrons. The Morgan fingerprint density at radius 2 is 2.21 bits per heavy atom. The minimum Gasteiger partial charge on any atom is -0.398 e. The average Bonchev–Trinajstić information content (AvgIpc) is 2.72.